The maximum absolute atomic E-state index is 12.6. The Bertz CT molecular complexity index is 482. The van der Waals surface area contributed by atoms with Gasteiger partial charge in [-0.3, -0.25) is 0 Å². The molecule has 0 aliphatic rings. The number of nitrogens with zero attached hydrogens (tertiary/aromatic N) is 1. The van der Waals surface area contributed by atoms with Crippen molar-refractivity contribution in [3.05, 3.63) is 53.9 Å². The highest BCUT2D eigenvalue weighted by atomic mass is 19.4. The highest BCUT2D eigenvalue weighted by Gasteiger charge is 2.32. The summed E-state index contributed by atoms with van der Waals surface area (Å²) in [6.07, 6.45) is -3.70. The summed E-state index contributed by atoms with van der Waals surface area (Å²) in [7, 11) is 0. The molecular weight excluding hydrogens is 257 g/mol. The zero-order valence-corrected chi connectivity index (χ0v) is 10.0. The molecule has 19 heavy (non-hydrogen) atoms. The molecule has 3 nitrogen and oxygen atoms in total. The van der Waals surface area contributed by atoms with Gasteiger partial charge in [0.05, 0.1) is 19.2 Å². The van der Waals surface area contributed by atoms with Crippen LogP contribution < -0.4 is 5.32 Å². The topological polar surface area (TPSA) is 38.1 Å². The van der Waals surface area contributed by atoms with E-state index in [4.69, 9.17) is 4.52 Å². The fraction of sp³-hybridized carbons (Fsp3) is 0.308. The predicted molar refractivity (Wildman–Crippen MR) is 63.2 cm³/mol. The smallest absolute Gasteiger partial charge is 0.360 e. The van der Waals surface area contributed by atoms with Gasteiger partial charge in [0, 0.05) is 12.1 Å². The fourth-order valence-electron chi connectivity index (χ4n) is 1.78. The van der Waals surface area contributed by atoms with E-state index in [2.05, 4.69) is 10.5 Å². The maximum atomic E-state index is 12.6. The van der Waals surface area contributed by atoms with Crippen molar-refractivity contribution in [3.63, 3.8) is 0 Å². The van der Waals surface area contributed by atoms with Crippen LogP contribution in [0.3, 0.4) is 0 Å². The maximum Gasteiger partial charge on any atom is 0.390 e. The van der Waals surface area contributed by atoms with E-state index in [1.165, 1.54) is 6.20 Å². The van der Waals surface area contributed by atoms with Gasteiger partial charge in [0.25, 0.3) is 0 Å². The normalized spacial score (nSPS) is 13.4. The molecule has 6 heteroatoms. The first-order valence-corrected chi connectivity index (χ1v) is 5.79. The molecule has 2 rings (SSSR count). The quantitative estimate of drug-likeness (QED) is 0.904. The monoisotopic (exact) mass is 270 g/mol. The lowest BCUT2D eigenvalue weighted by atomic mass is 10.0. The first-order valence-electron chi connectivity index (χ1n) is 5.79. The number of benzene rings is 1. The number of rotatable bonds is 5. The highest BCUT2D eigenvalue weighted by molar-refractivity contribution is 5.19. The SMILES string of the molecule is FC(F)(F)CC(NCc1ccno1)c1ccccc1. The lowest BCUT2D eigenvalue weighted by molar-refractivity contribution is -0.140. The van der Waals surface area contributed by atoms with Crippen LogP contribution >= 0.6 is 0 Å². The number of alkyl halides is 3. The lowest BCUT2D eigenvalue weighted by Crippen LogP contribution is -2.26. The van der Waals surface area contributed by atoms with Crippen LogP contribution in [0.4, 0.5) is 13.2 Å². The first-order chi connectivity index (χ1) is 9.04. The molecule has 0 spiro atoms. The van der Waals surface area contributed by atoms with Gasteiger partial charge in [-0.2, -0.15) is 13.2 Å². The second-order valence-electron chi connectivity index (χ2n) is 4.14. The van der Waals surface area contributed by atoms with Gasteiger partial charge in [0.15, 0.2) is 0 Å². The van der Waals surface area contributed by atoms with E-state index < -0.39 is 18.6 Å². The zero-order chi connectivity index (χ0) is 13.7. The van der Waals surface area contributed by atoms with Gasteiger partial charge in [-0.05, 0) is 5.56 Å². The van der Waals surface area contributed by atoms with Gasteiger partial charge in [-0.1, -0.05) is 35.5 Å². The van der Waals surface area contributed by atoms with Crippen molar-refractivity contribution < 1.29 is 17.7 Å². The van der Waals surface area contributed by atoms with Crippen molar-refractivity contribution in [2.75, 3.05) is 0 Å². The number of hydrogen-bond donors (Lipinski definition) is 1. The summed E-state index contributed by atoms with van der Waals surface area (Å²) in [4.78, 5) is 0. The molecule has 0 amide bonds. The van der Waals surface area contributed by atoms with E-state index >= 15 is 0 Å². The van der Waals surface area contributed by atoms with Crippen molar-refractivity contribution in [1.82, 2.24) is 10.5 Å². The van der Waals surface area contributed by atoms with E-state index in [0.717, 1.165) is 0 Å². The largest absolute Gasteiger partial charge is 0.390 e. The molecule has 1 heterocycles. The Morgan fingerprint density at radius 2 is 1.89 bits per heavy atom. The van der Waals surface area contributed by atoms with E-state index in [1.807, 2.05) is 0 Å². The molecule has 0 aliphatic heterocycles. The highest BCUT2D eigenvalue weighted by Crippen LogP contribution is 2.29. The van der Waals surface area contributed by atoms with Gasteiger partial charge in [-0.15, -0.1) is 0 Å². The van der Waals surface area contributed by atoms with Crippen molar-refractivity contribution >= 4 is 0 Å². The predicted octanol–water partition coefficient (Wildman–Crippen LogP) is 3.46. The summed E-state index contributed by atoms with van der Waals surface area (Å²) in [5.74, 6) is 0.503. The van der Waals surface area contributed by atoms with Crippen LogP contribution in [0.15, 0.2) is 47.1 Å². The molecule has 0 saturated carbocycles. The van der Waals surface area contributed by atoms with Gasteiger partial charge >= 0.3 is 6.18 Å². The minimum atomic E-state index is -4.23. The minimum absolute atomic E-state index is 0.204. The average molecular weight is 270 g/mol. The van der Waals surface area contributed by atoms with Crippen LogP contribution in [-0.4, -0.2) is 11.3 Å². The zero-order valence-electron chi connectivity index (χ0n) is 10.0. The van der Waals surface area contributed by atoms with Crippen LogP contribution in [0.5, 0.6) is 0 Å². The summed E-state index contributed by atoms with van der Waals surface area (Å²) >= 11 is 0. The fourth-order valence-corrected chi connectivity index (χ4v) is 1.78. The Labute approximate surface area is 108 Å². The van der Waals surface area contributed by atoms with Gasteiger partial charge in [0.1, 0.15) is 5.76 Å². The molecule has 0 radical (unpaired) electrons. The third-order valence-corrected chi connectivity index (χ3v) is 2.65. The van der Waals surface area contributed by atoms with Crippen LogP contribution in [0.2, 0.25) is 0 Å². The molecule has 0 bridgehead atoms. The molecule has 0 fully saturated rings. The molecule has 0 aliphatic carbocycles. The molecule has 102 valence electrons. The second kappa shape index (κ2) is 5.88. The molecule has 1 atom stereocenters. The Kier molecular flexibility index (Phi) is 4.21. The van der Waals surface area contributed by atoms with E-state index in [-0.39, 0.29) is 6.54 Å². The number of nitrogens with one attached hydrogen (secondary N) is 1. The van der Waals surface area contributed by atoms with Crippen molar-refractivity contribution in [2.24, 2.45) is 0 Å². The van der Waals surface area contributed by atoms with Gasteiger partial charge in [0.2, 0.25) is 0 Å². The van der Waals surface area contributed by atoms with Crippen LogP contribution in [-0.2, 0) is 6.54 Å². The van der Waals surface area contributed by atoms with E-state index in [9.17, 15) is 13.2 Å². The Balaban J connectivity index is 2.06. The molecular formula is C13H13F3N2O. The minimum Gasteiger partial charge on any atom is -0.360 e. The summed E-state index contributed by atoms with van der Waals surface area (Å²) in [6.45, 7) is 0.204. The second-order valence-corrected chi connectivity index (χ2v) is 4.14. The molecule has 2 aromatic rings. The van der Waals surface area contributed by atoms with Crippen molar-refractivity contribution in [2.45, 2.75) is 25.2 Å². The summed E-state index contributed by atoms with van der Waals surface area (Å²) in [5, 5.41) is 6.35. The molecule has 1 aromatic carbocycles. The molecule has 1 N–H and O–H groups in total. The Morgan fingerprint density at radius 3 is 2.47 bits per heavy atom. The van der Waals surface area contributed by atoms with Crippen LogP contribution in [0.1, 0.15) is 23.8 Å². The van der Waals surface area contributed by atoms with Crippen LogP contribution in [0, 0.1) is 0 Å². The third kappa shape index (κ3) is 4.40. The van der Waals surface area contributed by atoms with Gasteiger partial charge < -0.3 is 9.84 Å². The standard InChI is InChI=1S/C13H13F3N2O/c14-13(15,16)8-12(10-4-2-1-3-5-10)17-9-11-6-7-18-19-11/h1-7,12,17H,8-9H2. The molecule has 1 aromatic heterocycles. The van der Waals surface area contributed by atoms with E-state index in [1.54, 1.807) is 36.4 Å². The van der Waals surface area contributed by atoms with Crippen LogP contribution in [0.25, 0.3) is 0 Å². The lowest BCUT2D eigenvalue weighted by Gasteiger charge is -2.20. The number of aromatic nitrogens is 1. The summed E-state index contributed by atoms with van der Waals surface area (Å²) < 4.78 is 42.6. The Hall–Kier alpha value is -1.82. The molecule has 0 saturated heterocycles. The third-order valence-electron chi connectivity index (χ3n) is 2.65. The number of halogens is 3. The van der Waals surface area contributed by atoms with E-state index in [0.29, 0.717) is 11.3 Å². The summed E-state index contributed by atoms with van der Waals surface area (Å²) in [6, 6.07) is 9.36. The first kappa shape index (κ1) is 13.6. The van der Waals surface area contributed by atoms with Crippen molar-refractivity contribution in [1.29, 1.82) is 0 Å². The van der Waals surface area contributed by atoms with Crippen molar-refractivity contribution in [3.8, 4) is 0 Å². The molecule has 1 unspecified atom stereocenters. The van der Waals surface area contributed by atoms with Gasteiger partial charge in [-0.25, -0.2) is 0 Å². The average Bonchev–Trinajstić information content (AvgIpc) is 2.87. The number of hydrogen-bond acceptors (Lipinski definition) is 3. The Morgan fingerprint density at radius 1 is 1.16 bits per heavy atom. The summed E-state index contributed by atoms with van der Waals surface area (Å²) in [5.41, 5.74) is 0.597.